The molecule has 0 aromatic carbocycles. The molecule has 124 valence electrons. The minimum atomic E-state index is -0.832. The Morgan fingerprint density at radius 1 is 1.41 bits per heavy atom. The second-order valence-corrected chi connectivity index (χ2v) is 5.68. The molecule has 0 aliphatic carbocycles. The number of carbonyl (C=O) groups excluding carboxylic acids is 2. The number of hydrogen-bond acceptors (Lipinski definition) is 5. The second kappa shape index (κ2) is 8.60. The highest BCUT2D eigenvalue weighted by molar-refractivity contribution is 5.78. The minimum absolute atomic E-state index is 0.0480. The van der Waals surface area contributed by atoms with Crippen molar-refractivity contribution in [2.45, 2.75) is 46.4 Å². The monoisotopic (exact) mass is 312 g/mol. The number of amides is 1. The maximum Gasteiger partial charge on any atom is 0.305 e. The summed E-state index contributed by atoms with van der Waals surface area (Å²) in [5.74, 6) is -0.221. The van der Waals surface area contributed by atoms with E-state index in [-0.39, 0.29) is 18.4 Å². The minimum Gasteiger partial charge on any atom is -0.434 e. The third-order valence-electron chi connectivity index (χ3n) is 4.32. The third kappa shape index (κ3) is 4.89. The summed E-state index contributed by atoms with van der Waals surface area (Å²) in [4.78, 5) is 25.7. The van der Waals surface area contributed by atoms with Gasteiger partial charge in [0.15, 0.2) is 0 Å². The molecule has 1 rings (SSSR count). The fourth-order valence-electron chi connectivity index (χ4n) is 2.77. The molecule has 0 spiro atoms. The summed E-state index contributed by atoms with van der Waals surface area (Å²) in [5, 5.41) is 6.01. The molecule has 5 unspecified atom stereocenters. The highest BCUT2D eigenvalue weighted by atomic mass is 16.7. The highest BCUT2D eigenvalue weighted by Gasteiger charge is 2.39. The average molecular weight is 312 g/mol. The normalized spacial score (nSPS) is 31.5. The van der Waals surface area contributed by atoms with E-state index in [0.717, 1.165) is 6.42 Å². The van der Waals surface area contributed by atoms with Gasteiger partial charge in [-0.25, -0.2) is 0 Å². The van der Waals surface area contributed by atoms with E-state index in [2.05, 4.69) is 29.2 Å². The van der Waals surface area contributed by atoms with Gasteiger partial charge in [0.1, 0.15) is 6.54 Å². The Bertz CT molecular complexity index is 450. The Morgan fingerprint density at radius 2 is 2.09 bits per heavy atom. The molecule has 1 saturated heterocycles. The van der Waals surface area contributed by atoms with Gasteiger partial charge < -0.3 is 14.8 Å². The standard InChI is InChI=1S/C14H24N4O4/c1-5-11-7-21-14(22-10(4)19)13(9(3)8(11)2)17-12(20)6-16-18-15/h8-9,11,13-14H,5-7H2,1-4H3,(H,17,20). The van der Waals surface area contributed by atoms with Crippen molar-refractivity contribution in [3.8, 4) is 0 Å². The van der Waals surface area contributed by atoms with Crippen LogP contribution in [0.4, 0.5) is 0 Å². The molecule has 1 aliphatic heterocycles. The van der Waals surface area contributed by atoms with Crippen molar-refractivity contribution in [1.29, 1.82) is 0 Å². The number of hydrogen-bond donors (Lipinski definition) is 1. The second-order valence-electron chi connectivity index (χ2n) is 5.68. The lowest BCUT2D eigenvalue weighted by atomic mass is 9.80. The smallest absolute Gasteiger partial charge is 0.305 e. The molecule has 1 heterocycles. The first-order valence-electron chi connectivity index (χ1n) is 7.49. The summed E-state index contributed by atoms with van der Waals surface area (Å²) in [7, 11) is 0. The van der Waals surface area contributed by atoms with E-state index >= 15 is 0 Å². The lowest BCUT2D eigenvalue weighted by molar-refractivity contribution is -0.185. The van der Waals surface area contributed by atoms with E-state index in [9.17, 15) is 9.59 Å². The van der Waals surface area contributed by atoms with Gasteiger partial charge in [0, 0.05) is 11.8 Å². The molecule has 22 heavy (non-hydrogen) atoms. The summed E-state index contributed by atoms with van der Waals surface area (Å²) >= 11 is 0. The van der Waals surface area contributed by atoms with Crippen molar-refractivity contribution in [3.05, 3.63) is 10.4 Å². The van der Waals surface area contributed by atoms with Gasteiger partial charge in [0.05, 0.1) is 12.6 Å². The van der Waals surface area contributed by atoms with Crippen LogP contribution < -0.4 is 5.32 Å². The fraction of sp³-hybridized carbons (Fsp3) is 0.857. The number of nitrogens with one attached hydrogen (secondary N) is 1. The Balaban J connectivity index is 2.93. The van der Waals surface area contributed by atoms with E-state index < -0.39 is 24.2 Å². The van der Waals surface area contributed by atoms with Gasteiger partial charge in [-0.1, -0.05) is 32.3 Å². The zero-order valence-corrected chi connectivity index (χ0v) is 13.5. The largest absolute Gasteiger partial charge is 0.434 e. The summed E-state index contributed by atoms with van der Waals surface area (Å²) in [6.07, 6.45) is 0.110. The number of esters is 1. The predicted molar refractivity (Wildman–Crippen MR) is 79.6 cm³/mol. The highest BCUT2D eigenvalue weighted by Crippen LogP contribution is 2.32. The Labute approximate surface area is 130 Å². The lowest BCUT2D eigenvalue weighted by Gasteiger charge is -2.32. The third-order valence-corrected chi connectivity index (χ3v) is 4.32. The van der Waals surface area contributed by atoms with Crippen molar-refractivity contribution in [3.63, 3.8) is 0 Å². The van der Waals surface area contributed by atoms with Crippen LogP contribution in [0.1, 0.15) is 34.1 Å². The molecule has 0 aromatic heterocycles. The molecular formula is C14H24N4O4. The fourth-order valence-corrected chi connectivity index (χ4v) is 2.77. The average Bonchev–Trinajstić information content (AvgIpc) is 2.57. The van der Waals surface area contributed by atoms with Gasteiger partial charge in [0.25, 0.3) is 0 Å². The van der Waals surface area contributed by atoms with Crippen LogP contribution in [0.2, 0.25) is 0 Å². The molecule has 0 bridgehead atoms. The van der Waals surface area contributed by atoms with Crippen LogP contribution >= 0.6 is 0 Å². The van der Waals surface area contributed by atoms with Crippen molar-refractivity contribution < 1.29 is 19.1 Å². The first-order chi connectivity index (χ1) is 10.4. The van der Waals surface area contributed by atoms with Gasteiger partial charge >= 0.3 is 5.97 Å². The summed E-state index contributed by atoms with van der Waals surface area (Å²) in [6, 6.07) is -0.475. The first kappa shape index (κ1) is 18.3. The topological polar surface area (TPSA) is 113 Å². The van der Waals surface area contributed by atoms with Crippen molar-refractivity contribution in [2.75, 3.05) is 13.2 Å². The van der Waals surface area contributed by atoms with Crippen LogP contribution in [-0.4, -0.2) is 37.4 Å². The van der Waals surface area contributed by atoms with Gasteiger partial charge in [0.2, 0.25) is 12.2 Å². The lowest BCUT2D eigenvalue weighted by Crippen LogP contribution is -2.51. The van der Waals surface area contributed by atoms with Crippen LogP contribution in [0, 0.1) is 17.8 Å². The summed E-state index contributed by atoms with van der Waals surface area (Å²) in [6.45, 7) is 7.67. The predicted octanol–water partition coefficient (Wildman–Crippen LogP) is 2.00. The zero-order chi connectivity index (χ0) is 16.7. The van der Waals surface area contributed by atoms with E-state index in [1.807, 2.05) is 6.92 Å². The zero-order valence-electron chi connectivity index (χ0n) is 13.5. The van der Waals surface area contributed by atoms with E-state index in [1.54, 1.807) is 0 Å². The van der Waals surface area contributed by atoms with Crippen molar-refractivity contribution in [1.82, 2.24) is 5.32 Å². The molecule has 5 atom stereocenters. The maximum absolute atomic E-state index is 11.8. The molecule has 1 N–H and O–H groups in total. The van der Waals surface area contributed by atoms with Gasteiger partial charge in [-0.05, 0) is 23.3 Å². The van der Waals surface area contributed by atoms with E-state index in [0.29, 0.717) is 12.5 Å². The molecule has 1 amide bonds. The maximum atomic E-state index is 11.8. The Hall–Kier alpha value is -1.79. The number of azide groups is 1. The van der Waals surface area contributed by atoms with E-state index in [1.165, 1.54) is 6.92 Å². The van der Waals surface area contributed by atoms with E-state index in [4.69, 9.17) is 15.0 Å². The van der Waals surface area contributed by atoms with Crippen LogP contribution in [0.3, 0.4) is 0 Å². The summed E-state index contributed by atoms with van der Waals surface area (Å²) < 4.78 is 10.9. The van der Waals surface area contributed by atoms with Crippen LogP contribution in [0.15, 0.2) is 5.11 Å². The number of rotatable bonds is 5. The Morgan fingerprint density at radius 3 is 2.64 bits per heavy atom. The molecule has 0 saturated carbocycles. The summed E-state index contributed by atoms with van der Waals surface area (Å²) in [5.41, 5.74) is 8.28. The van der Waals surface area contributed by atoms with Gasteiger partial charge in [-0.3, -0.25) is 9.59 Å². The molecule has 0 radical (unpaired) electrons. The van der Waals surface area contributed by atoms with Gasteiger partial charge in [-0.2, -0.15) is 0 Å². The number of carbonyl (C=O) groups is 2. The molecular weight excluding hydrogens is 288 g/mol. The van der Waals surface area contributed by atoms with Crippen LogP contribution in [0.25, 0.3) is 10.4 Å². The molecule has 8 nitrogen and oxygen atoms in total. The molecule has 1 aliphatic rings. The number of nitrogens with zero attached hydrogens (tertiary/aromatic N) is 3. The first-order valence-corrected chi connectivity index (χ1v) is 7.49. The Kier molecular flexibility index (Phi) is 7.14. The quantitative estimate of drug-likeness (QED) is 0.362. The number of ether oxygens (including phenoxy) is 2. The van der Waals surface area contributed by atoms with Crippen molar-refractivity contribution >= 4 is 11.9 Å². The molecule has 8 heteroatoms. The molecule has 1 fully saturated rings. The SMILES string of the molecule is CCC1COC(OC(C)=O)C(NC(=O)CN=[N+]=[N-])C(C)C1C. The van der Waals surface area contributed by atoms with Crippen LogP contribution in [-0.2, 0) is 19.1 Å². The van der Waals surface area contributed by atoms with Crippen molar-refractivity contribution in [2.24, 2.45) is 22.9 Å². The van der Waals surface area contributed by atoms with Gasteiger partial charge in [-0.15, -0.1) is 0 Å². The van der Waals surface area contributed by atoms with Crippen LogP contribution in [0.5, 0.6) is 0 Å². The molecule has 0 aromatic rings.